The van der Waals surface area contributed by atoms with Crippen LogP contribution in [0.2, 0.25) is 0 Å². The number of piperazine rings is 1. The number of aromatic nitrogens is 1. The molecule has 3 atom stereocenters. The Morgan fingerprint density at radius 2 is 1.74 bits per heavy atom. The van der Waals surface area contributed by atoms with Gasteiger partial charge in [-0.25, -0.2) is 4.39 Å². The van der Waals surface area contributed by atoms with E-state index in [0.29, 0.717) is 30.5 Å². The number of rotatable bonds is 3. The predicted octanol–water partition coefficient (Wildman–Crippen LogP) is 3.37. The Hall–Kier alpha value is -2.75. The van der Waals surface area contributed by atoms with Crippen LogP contribution in [0.5, 0.6) is 0 Å². The first-order chi connectivity index (χ1) is 14.3. The summed E-state index contributed by atoms with van der Waals surface area (Å²) in [6, 6.07) is 3.31. The topological polar surface area (TPSA) is 80.5 Å². The first kappa shape index (κ1) is 22.9. The van der Waals surface area contributed by atoms with Crippen LogP contribution in [0.3, 0.4) is 0 Å². The summed E-state index contributed by atoms with van der Waals surface area (Å²) in [4.78, 5) is 16.1. The van der Waals surface area contributed by atoms with Crippen LogP contribution >= 0.6 is 0 Å². The number of nitrogens with two attached hydrogens (primary N) is 2. The second-order valence-corrected chi connectivity index (χ2v) is 8.18. The predicted molar refractivity (Wildman–Crippen MR) is 113 cm³/mol. The van der Waals surface area contributed by atoms with Gasteiger partial charge in [-0.3, -0.25) is 14.3 Å². The summed E-state index contributed by atoms with van der Waals surface area (Å²) in [6.45, 7) is 6.35. The molecule has 1 aromatic heterocycles. The van der Waals surface area contributed by atoms with E-state index in [-0.39, 0.29) is 29.0 Å². The molecule has 1 fully saturated rings. The lowest BCUT2D eigenvalue weighted by atomic mass is 9.96. The van der Waals surface area contributed by atoms with Gasteiger partial charge >= 0.3 is 6.18 Å². The first-order valence-electron chi connectivity index (χ1n) is 9.97. The molecule has 3 rings (SSSR count). The maximum atomic E-state index is 13.5. The van der Waals surface area contributed by atoms with Crippen LogP contribution < -0.4 is 21.9 Å². The number of anilines is 3. The molecule has 1 aromatic carbocycles. The molecule has 1 saturated heterocycles. The maximum absolute atomic E-state index is 13.5. The molecule has 170 valence electrons. The van der Waals surface area contributed by atoms with Gasteiger partial charge < -0.3 is 16.4 Å². The van der Waals surface area contributed by atoms with Crippen molar-refractivity contribution in [2.24, 2.45) is 7.05 Å². The van der Waals surface area contributed by atoms with Gasteiger partial charge in [0, 0.05) is 44.3 Å². The van der Waals surface area contributed by atoms with Gasteiger partial charge in [0.1, 0.15) is 11.6 Å². The molecule has 2 heterocycles. The highest BCUT2D eigenvalue weighted by Gasteiger charge is 2.39. The molecule has 2 aromatic rings. The second-order valence-electron chi connectivity index (χ2n) is 8.18. The molecule has 1 aliphatic heterocycles. The van der Waals surface area contributed by atoms with E-state index in [0.717, 1.165) is 6.07 Å². The highest BCUT2D eigenvalue weighted by molar-refractivity contribution is 5.77. The minimum Gasteiger partial charge on any atom is -0.394 e. The molecule has 4 N–H and O–H groups in total. The van der Waals surface area contributed by atoms with Crippen molar-refractivity contribution >= 4 is 17.2 Å². The van der Waals surface area contributed by atoms with Gasteiger partial charge in [0.15, 0.2) is 0 Å². The van der Waals surface area contributed by atoms with Crippen molar-refractivity contribution in [3.8, 4) is 0 Å². The number of alkyl halides is 3. The number of hydrogen-bond acceptors (Lipinski definition) is 5. The molecule has 0 bridgehead atoms. The fourth-order valence-corrected chi connectivity index (χ4v) is 4.31. The van der Waals surface area contributed by atoms with E-state index < -0.39 is 23.6 Å². The number of nitrogens with zero attached hydrogens (tertiary/aromatic N) is 3. The zero-order chi connectivity index (χ0) is 23.2. The Balaban J connectivity index is 1.92. The zero-order valence-corrected chi connectivity index (χ0v) is 17.9. The largest absolute Gasteiger partial charge is 0.416 e. The summed E-state index contributed by atoms with van der Waals surface area (Å²) in [5.74, 6) is -0.757. The number of hydrogen-bond donors (Lipinski definition) is 2. The lowest BCUT2D eigenvalue weighted by Crippen LogP contribution is -2.57. The summed E-state index contributed by atoms with van der Waals surface area (Å²) < 4.78 is 55.3. The van der Waals surface area contributed by atoms with Gasteiger partial charge in [-0.15, -0.1) is 0 Å². The summed E-state index contributed by atoms with van der Waals surface area (Å²) in [7, 11) is 1.53. The molecule has 1 aliphatic rings. The van der Waals surface area contributed by atoms with Gasteiger partial charge in [0.25, 0.3) is 5.56 Å². The Labute approximate surface area is 178 Å². The molecular weight excluding hydrogens is 414 g/mol. The third-order valence-electron chi connectivity index (χ3n) is 6.12. The summed E-state index contributed by atoms with van der Waals surface area (Å²) in [6.07, 6.45) is -4.65. The van der Waals surface area contributed by atoms with Crippen LogP contribution in [-0.4, -0.2) is 34.6 Å². The van der Waals surface area contributed by atoms with Crippen LogP contribution in [-0.2, 0) is 13.2 Å². The van der Waals surface area contributed by atoms with Crippen LogP contribution in [0.15, 0.2) is 29.1 Å². The van der Waals surface area contributed by atoms with Crippen LogP contribution in [0.25, 0.3) is 0 Å². The van der Waals surface area contributed by atoms with Crippen molar-refractivity contribution in [1.29, 1.82) is 0 Å². The van der Waals surface area contributed by atoms with Crippen molar-refractivity contribution in [3.05, 3.63) is 51.6 Å². The van der Waals surface area contributed by atoms with Crippen LogP contribution in [0.1, 0.15) is 37.9 Å². The summed E-state index contributed by atoms with van der Waals surface area (Å²) >= 11 is 0. The zero-order valence-electron chi connectivity index (χ0n) is 17.9. The van der Waals surface area contributed by atoms with Crippen molar-refractivity contribution in [2.45, 2.75) is 45.1 Å². The third kappa shape index (κ3) is 4.21. The molecule has 0 amide bonds. The van der Waals surface area contributed by atoms with Crippen molar-refractivity contribution in [2.75, 3.05) is 29.5 Å². The molecule has 6 nitrogen and oxygen atoms in total. The molecule has 0 spiro atoms. The van der Waals surface area contributed by atoms with E-state index in [1.807, 2.05) is 23.6 Å². The van der Waals surface area contributed by atoms with E-state index in [1.54, 1.807) is 6.92 Å². The van der Waals surface area contributed by atoms with E-state index in [1.165, 1.54) is 23.7 Å². The summed E-state index contributed by atoms with van der Waals surface area (Å²) in [5, 5.41) is 0. The second kappa shape index (κ2) is 8.07. The Morgan fingerprint density at radius 1 is 1.10 bits per heavy atom. The fraction of sp³-hybridized carbons (Fsp3) is 0.476. The van der Waals surface area contributed by atoms with Crippen LogP contribution in [0.4, 0.5) is 34.8 Å². The van der Waals surface area contributed by atoms with Gasteiger partial charge in [-0.1, -0.05) is 6.07 Å². The number of nitrogen functional groups attached to an aromatic ring is 2. The monoisotopic (exact) mass is 441 g/mol. The Morgan fingerprint density at radius 3 is 2.35 bits per heavy atom. The van der Waals surface area contributed by atoms with Gasteiger partial charge in [-0.05, 0) is 38.5 Å². The average molecular weight is 441 g/mol. The summed E-state index contributed by atoms with van der Waals surface area (Å²) in [5.41, 5.74) is 11.7. The quantitative estimate of drug-likeness (QED) is 0.714. The highest BCUT2D eigenvalue weighted by atomic mass is 19.4. The van der Waals surface area contributed by atoms with E-state index >= 15 is 0 Å². The SMILES string of the molecule is CC(c1ccc(F)cc1C(F)(F)F)N1C[C@H](C)N(c2cc(=O)n(C)c(N)c2N)C[C@H]1C. The van der Waals surface area contributed by atoms with Crippen molar-refractivity contribution < 1.29 is 17.6 Å². The Kier molecular flexibility index (Phi) is 5.96. The molecular formula is C21H27F4N5O. The van der Waals surface area contributed by atoms with Gasteiger partial charge in [0.05, 0.1) is 16.9 Å². The average Bonchev–Trinajstić information content (AvgIpc) is 2.69. The molecule has 1 unspecified atom stereocenters. The molecule has 31 heavy (non-hydrogen) atoms. The number of benzene rings is 1. The lowest BCUT2D eigenvalue weighted by molar-refractivity contribution is -0.139. The van der Waals surface area contributed by atoms with E-state index in [4.69, 9.17) is 11.5 Å². The van der Waals surface area contributed by atoms with Gasteiger partial charge in [-0.2, -0.15) is 13.2 Å². The lowest BCUT2D eigenvalue weighted by Gasteiger charge is -2.48. The standard InChI is InChI=1S/C21H27F4N5O/c1-11-10-30(17-8-18(31)28(4)20(27)19(17)26)12(2)9-29(11)13(3)15-6-5-14(22)7-16(15)21(23,24)25/h5-8,11-13H,9-10,26-27H2,1-4H3/t11-,12+,13?/m1/s1. The molecule has 0 aliphatic carbocycles. The maximum Gasteiger partial charge on any atom is 0.416 e. The normalized spacial score (nSPS) is 21.4. The van der Waals surface area contributed by atoms with Crippen molar-refractivity contribution in [3.63, 3.8) is 0 Å². The first-order valence-corrected chi connectivity index (χ1v) is 9.97. The van der Waals surface area contributed by atoms with E-state index in [2.05, 4.69) is 0 Å². The van der Waals surface area contributed by atoms with Gasteiger partial charge in [0.2, 0.25) is 0 Å². The Bertz CT molecular complexity index is 1040. The third-order valence-corrected chi connectivity index (χ3v) is 6.12. The smallest absolute Gasteiger partial charge is 0.394 e. The number of halogens is 4. The fourth-order valence-electron chi connectivity index (χ4n) is 4.31. The minimum absolute atomic E-state index is 0.0266. The van der Waals surface area contributed by atoms with Crippen molar-refractivity contribution in [1.82, 2.24) is 9.47 Å². The van der Waals surface area contributed by atoms with E-state index in [9.17, 15) is 22.4 Å². The highest BCUT2D eigenvalue weighted by Crippen LogP contribution is 2.39. The molecule has 0 saturated carbocycles. The number of pyridine rings is 1. The van der Waals surface area contributed by atoms with Crippen LogP contribution in [0, 0.1) is 5.82 Å². The minimum atomic E-state index is -4.65. The molecule has 10 heteroatoms. The molecule has 0 radical (unpaired) electrons.